The largest absolute Gasteiger partial charge is 0.407 e. The molecule has 0 saturated carbocycles. The van der Waals surface area contributed by atoms with Crippen molar-refractivity contribution in [2.75, 3.05) is 0 Å². The molecule has 5 heteroatoms. The molecule has 0 spiro atoms. The van der Waals surface area contributed by atoms with Crippen LogP contribution in [0.5, 0.6) is 0 Å². The summed E-state index contributed by atoms with van der Waals surface area (Å²) < 4.78 is 5.45. The van der Waals surface area contributed by atoms with Gasteiger partial charge in [0.15, 0.2) is 11.6 Å². The van der Waals surface area contributed by atoms with Gasteiger partial charge in [-0.25, -0.2) is 9.79 Å². The fourth-order valence-corrected chi connectivity index (χ4v) is 2.05. The Morgan fingerprint density at radius 2 is 2.36 bits per heavy atom. The van der Waals surface area contributed by atoms with Crippen molar-refractivity contribution in [1.29, 1.82) is 0 Å². The van der Waals surface area contributed by atoms with Crippen LogP contribution in [0.3, 0.4) is 0 Å². The summed E-state index contributed by atoms with van der Waals surface area (Å²) in [6.07, 6.45) is 1.66. The average Bonchev–Trinajstić information content (AvgIpc) is 2.61. The van der Waals surface area contributed by atoms with Crippen LogP contribution >= 0.6 is 22.9 Å². The molecule has 0 saturated heterocycles. The number of ether oxygens (including phenoxy) is 1. The highest BCUT2D eigenvalue weighted by atomic mass is 35.5. The number of esters is 1. The molecule has 0 fully saturated rings. The van der Waals surface area contributed by atoms with E-state index in [1.165, 1.54) is 11.3 Å². The first-order valence-electron chi connectivity index (χ1n) is 3.89. The topological polar surface area (TPSA) is 38.7 Å². The second-order valence-corrected chi connectivity index (χ2v) is 4.44. The van der Waals surface area contributed by atoms with Crippen LogP contribution in [0.15, 0.2) is 22.8 Å². The van der Waals surface area contributed by atoms with Gasteiger partial charge in [0.2, 0.25) is 0 Å². The highest BCUT2D eigenvalue weighted by Gasteiger charge is 2.19. The number of carbonyl (C=O) groups excluding carboxylic acids is 1. The molecule has 14 heavy (non-hydrogen) atoms. The quantitative estimate of drug-likeness (QED) is 0.547. The maximum Gasteiger partial charge on any atom is 0.363 e. The number of halogens is 1. The van der Waals surface area contributed by atoms with Crippen LogP contribution in [0.1, 0.15) is 11.8 Å². The minimum Gasteiger partial charge on any atom is -0.407 e. The van der Waals surface area contributed by atoms with Gasteiger partial charge in [-0.05, 0) is 18.2 Å². The summed E-state index contributed by atoms with van der Waals surface area (Å²) in [5, 5.41) is 0. The van der Waals surface area contributed by atoms with E-state index in [1.54, 1.807) is 19.1 Å². The monoisotopic (exact) mass is 227 g/mol. The fraction of sp³-hybridized carbons (Fsp3) is 0.111. The van der Waals surface area contributed by atoms with Crippen LogP contribution in [-0.4, -0.2) is 11.9 Å². The minimum atomic E-state index is -0.410. The van der Waals surface area contributed by atoms with E-state index >= 15 is 0 Å². The van der Waals surface area contributed by atoms with Gasteiger partial charge in [0, 0.05) is 11.8 Å². The van der Waals surface area contributed by atoms with Crippen molar-refractivity contribution in [3.05, 3.63) is 27.0 Å². The molecule has 0 bridgehead atoms. The summed E-state index contributed by atoms with van der Waals surface area (Å²) in [7, 11) is 0. The van der Waals surface area contributed by atoms with E-state index in [0.717, 1.165) is 4.88 Å². The van der Waals surface area contributed by atoms with E-state index < -0.39 is 5.97 Å². The number of carbonyl (C=O) groups is 1. The normalized spacial score (nSPS) is 18.6. The lowest BCUT2D eigenvalue weighted by molar-refractivity contribution is -0.130. The average molecular weight is 228 g/mol. The lowest BCUT2D eigenvalue weighted by Gasteiger charge is -1.88. The number of thiophene rings is 1. The molecule has 2 heterocycles. The third-order valence-corrected chi connectivity index (χ3v) is 2.78. The lowest BCUT2D eigenvalue weighted by atomic mass is 10.3. The first-order chi connectivity index (χ1) is 6.65. The third kappa shape index (κ3) is 1.86. The van der Waals surface area contributed by atoms with Gasteiger partial charge < -0.3 is 4.74 Å². The molecule has 1 aliphatic rings. The Balaban J connectivity index is 2.31. The summed E-state index contributed by atoms with van der Waals surface area (Å²) in [5.41, 5.74) is 0.320. The summed E-state index contributed by atoms with van der Waals surface area (Å²) in [6.45, 7) is 1.64. The molecule has 1 aromatic heterocycles. The Kier molecular flexibility index (Phi) is 2.39. The molecule has 2 rings (SSSR count). The zero-order valence-electron chi connectivity index (χ0n) is 7.28. The maximum absolute atomic E-state index is 11.2. The Morgan fingerprint density at radius 3 is 2.86 bits per heavy atom. The lowest BCUT2D eigenvalue weighted by Crippen LogP contribution is -1.99. The summed E-state index contributed by atoms with van der Waals surface area (Å²) in [6, 6.07) is 3.60. The van der Waals surface area contributed by atoms with Gasteiger partial charge in [-0.3, -0.25) is 0 Å². The highest BCUT2D eigenvalue weighted by molar-refractivity contribution is 7.17. The Labute approximate surface area is 89.7 Å². The second-order valence-electron chi connectivity index (χ2n) is 2.69. The van der Waals surface area contributed by atoms with Crippen LogP contribution in [0, 0.1) is 0 Å². The van der Waals surface area contributed by atoms with Crippen molar-refractivity contribution in [3.63, 3.8) is 0 Å². The minimum absolute atomic E-state index is 0.320. The number of hydrogen-bond acceptors (Lipinski definition) is 4. The van der Waals surface area contributed by atoms with Gasteiger partial charge in [-0.2, -0.15) is 0 Å². The smallest absolute Gasteiger partial charge is 0.363 e. The Hall–Kier alpha value is -1.13. The molecule has 1 aliphatic heterocycles. The van der Waals surface area contributed by atoms with Gasteiger partial charge in [-0.15, -0.1) is 11.3 Å². The van der Waals surface area contributed by atoms with E-state index in [9.17, 15) is 4.79 Å². The predicted molar refractivity (Wildman–Crippen MR) is 56.5 cm³/mol. The molecule has 0 aliphatic carbocycles. The number of hydrogen-bond donors (Lipinski definition) is 0. The molecule has 1 aromatic rings. The molecular weight excluding hydrogens is 222 g/mol. The first-order valence-corrected chi connectivity index (χ1v) is 5.09. The van der Waals surface area contributed by atoms with Gasteiger partial charge in [0.05, 0.1) is 4.34 Å². The first kappa shape index (κ1) is 9.43. The highest BCUT2D eigenvalue weighted by Crippen LogP contribution is 2.25. The van der Waals surface area contributed by atoms with Crippen molar-refractivity contribution < 1.29 is 9.53 Å². The number of cyclic esters (lactones) is 1. The summed E-state index contributed by atoms with van der Waals surface area (Å²) >= 11 is 7.14. The third-order valence-electron chi connectivity index (χ3n) is 1.60. The summed E-state index contributed by atoms with van der Waals surface area (Å²) in [4.78, 5) is 16.0. The van der Waals surface area contributed by atoms with Crippen LogP contribution < -0.4 is 0 Å². The van der Waals surface area contributed by atoms with Crippen LogP contribution in [0.25, 0.3) is 6.08 Å². The van der Waals surface area contributed by atoms with E-state index in [0.29, 0.717) is 15.9 Å². The van der Waals surface area contributed by atoms with Crippen molar-refractivity contribution in [1.82, 2.24) is 0 Å². The van der Waals surface area contributed by atoms with Crippen molar-refractivity contribution in [2.45, 2.75) is 6.92 Å². The Bertz CT molecular complexity index is 447. The van der Waals surface area contributed by atoms with Gasteiger partial charge in [-0.1, -0.05) is 11.6 Å². The molecule has 0 aromatic carbocycles. The maximum atomic E-state index is 11.2. The molecule has 0 atom stereocenters. The van der Waals surface area contributed by atoms with Gasteiger partial charge >= 0.3 is 5.97 Å². The number of rotatable bonds is 1. The van der Waals surface area contributed by atoms with Crippen molar-refractivity contribution in [2.24, 2.45) is 4.99 Å². The number of aliphatic imine (C=N–C) groups is 1. The van der Waals surface area contributed by atoms with E-state index in [1.807, 2.05) is 6.07 Å². The predicted octanol–water partition coefficient (Wildman–Crippen LogP) is 2.72. The summed E-state index contributed by atoms with van der Waals surface area (Å²) in [5.74, 6) is -0.0316. The van der Waals surface area contributed by atoms with E-state index in [-0.39, 0.29) is 0 Å². The molecule has 3 nitrogen and oxygen atoms in total. The SMILES string of the molecule is CC1=N/C(=C/c2ccc(Cl)s2)C(=O)O1. The van der Waals surface area contributed by atoms with Crippen LogP contribution in [0.2, 0.25) is 4.34 Å². The van der Waals surface area contributed by atoms with Crippen LogP contribution in [-0.2, 0) is 9.53 Å². The zero-order chi connectivity index (χ0) is 10.1. The van der Waals surface area contributed by atoms with Gasteiger partial charge in [0.25, 0.3) is 0 Å². The fourth-order valence-electron chi connectivity index (χ4n) is 1.06. The molecule has 0 unspecified atom stereocenters. The van der Waals surface area contributed by atoms with Gasteiger partial charge in [0.1, 0.15) is 0 Å². The molecule has 0 amide bonds. The van der Waals surface area contributed by atoms with E-state index in [2.05, 4.69) is 4.99 Å². The molecule has 0 N–H and O–H groups in total. The Morgan fingerprint density at radius 1 is 1.57 bits per heavy atom. The zero-order valence-corrected chi connectivity index (χ0v) is 8.85. The standard InChI is InChI=1S/C9H6ClNO2S/c1-5-11-7(9(12)13-5)4-6-2-3-8(10)14-6/h2-4H,1H3/b7-4+. The van der Waals surface area contributed by atoms with Crippen molar-refractivity contribution >= 4 is 40.9 Å². The molecule has 72 valence electrons. The van der Waals surface area contributed by atoms with Crippen LogP contribution in [0.4, 0.5) is 0 Å². The molecular formula is C9H6ClNO2S. The second kappa shape index (κ2) is 3.55. The molecule has 0 radical (unpaired) electrons. The van der Waals surface area contributed by atoms with E-state index in [4.69, 9.17) is 16.3 Å². The van der Waals surface area contributed by atoms with Crippen molar-refractivity contribution in [3.8, 4) is 0 Å². The number of nitrogens with zero attached hydrogens (tertiary/aromatic N) is 1.